The largest absolute Gasteiger partial charge is 0.367 e. The van der Waals surface area contributed by atoms with Gasteiger partial charge in [-0.1, -0.05) is 0 Å². The van der Waals surface area contributed by atoms with Crippen LogP contribution in [0.25, 0.3) is 0 Å². The Balaban J connectivity index is 1.69. The third kappa shape index (κ3) is 3.19. The van der Waals surface area contributed by atoms with Gasteiger partial charge in [0.1, 0.15) is 6.61 Å². The molecule has 2 rings (SSSR count). The van der Waals surface area contributed by atoms with E-state index in [9.17, 15) is 4.79 Å². The predicted octanol–water partition coefficient (Wildman–Crippen LogP) is 0.766. The molecule has 2 fully saturated rings. The summed E-state index contributed by atoms with van der Waals surface area (Å²) in [6, 6.07) is 0.505. The molecule has 1 saturated carbocycles. The first kappa shape index (κ1) is 11.9. The molecule has 1 unspecified atom stereocenters. The Labute approximate surface area is 97.3 Å². The van der Waals surface area contributed by atoms with E-state index in [1.807, 2.05) is 11.8 Å². The maximum absolute atomic E-state index is 11.9. The number of nitrogens with one attached hydrogen (secondary N) is 1. The molecule has 0 radical (unpaired) electrons. The Morgan fingerprint density at radius 2 is 2.25 bits per heavy atom. The summed E-state index contributed by atoms with van der Waals surface area (Å²) < 4.78 is 5.65. The smallest absolute Gasteiger partial charge is 0.248 e. The minimum atomic E-state index is 0.163. The Morgan fingerprint density at radius 1 is 1.44 bits per heavy atom. The first-order valence-corrected chi connectivity index (χ1v) is 6.43. The summed E-state index contributed by atoms with van der Waals surface area (Å²) in [5, 5.41) is 3.29. The second-order valence-corrected chi connectivity index (χ2v) is 4.69. The van der Waals surface area contributed by atoms with Crippen molar-refractivity contribution in [2.45, 2.75) is 44.8 Å². The number of amides is 1. The van der Waals surface area contributed by atoms with Gasteiger partial charge in [-0.3, -0.25) is 4.79 Å². The Bertz CT molecular complexity index is 235. The zero-order chi connectivity index (χ0) is 11.4. The van der Waals surface area contributed by atoms with E-state index >= 15 is 0 Å². The van der Waals surface area contributed by atoms with Crippen molar-refractivity contribution in [2.75, 3.05) is 26.2 Å². The minimum Gasteiger partial charge on any atom is -0.367 e. The lowest BCUT2D eigenvalue weighted by Crippen LogP contribution is -2.40. The van der Waals surface area contributed by atoms with Gasteiger partial charge in [0.25, 0.3) is 0 Å². The van der Waals surface area contributed by atoms with Gasteiger partial charge < -0.3 is 15.0 Å². The molecule has 0 spiro atoms. The van der Waals surface area contributed by atoms with Crippen LogP contribution in [-0.2, 0) is 9.53 Å². The van der Waals surface area contributed by atoms with Crippen LogP contribution >= 0.6 is 0 Å². The Morgan fingerprint density at radius 3 is 2.81 bits per heavy atom. The van der Waals surface area contributed by atoms with E-state index in [0.29, 0.717) is 6.04 Å². The highest BCUT2D eigenvalue weighted by Gasteiger charge is 2.31. The second kappa shape index (κ2) is 5.64. The summed E-state index contributed by atoms with van der Waals surface area (Å²) in [6.07, 6.45) is 4.81. The van der Waals surface area contributed by atoms with E-state index < -0.39 is 0 Å². The fourth-order valence-corrected chi connectivity index (χ4v) is 2.26. The number of hydrogen-bond donors (Lipinski definition) is 1. The molecule has 4 heteroatoms. The van der Waals surface area contributed by atoms with Crippen LogP contribution in [0, 0.1) is 0 Å². The standard InChI is InChI=1S/C12H22N2O2/c1-2-14(10-5-6-10)12(15)9-16-11-4-3-7-13-8-11/h10-11,13H,2-9H2,1H3. The number of carbonyl (C=O) groups excluding carboxylic acids is 1. The lowest BCUT2D eigenvalue weighted by atomic mass is 10.1. The van der Waals surface area contributed by atoms with Gasteiger partial charge in [0.2, 0.25) is 5.91 Å². The van der Waals surface area contributed by atoms with Gasteiger partial charge in [-0.15, -0.1) is 0 Å². The van der Waals surface area contributed by atoms with Crippen molar-refractivity contribution in [3.63, 3.8) is 0 Å². The van der Waals surface area contributed by atoms with Crippen LogP contribution in [0.3, 0.4) is 0 Å². The van der Waals surface area contributed by atoms with Crippen LogP contribution in [0.1, 0.15) is 32.6 Å². The first-order chi connectivity index (χ1) is 7.81. The molecule has 1 heterocycles. The molecule has 1 aliphatic carbocycles. The van der Waals surface area contributed by atoms with E-state index in [-0.39, 0.29) is 18.6 Å². The molecule has 4 nitrogen and oxygen atoms in total. The van der Waals surface area contributed by atoms with Crippen LogP contribution in [0.2, 0.25) is 0 Å². The molecule has 0 aromatic heterocycles. The van der Waals surface area contributed by atoms with Gasteiger partial charge in [0, 0.05) is 19.1 Å². The molecule has 92 valence electrons. The Kier molecular flexibility index (Phi) is 4.18. The maximum atomic E-state index is 11.9. The number of nitrogens with zero attached hydrogens (tertiary/aromatic N) is 1. The van der Waals surface area contributed by atoms with Crippen molar-refractivity contribution in [1.29, 1.82) is 0 Å². The highest BCUT2D eigenvalue weighted by Crippen LogP contribution is 2.26. The monoisotopic (exact) mass is 226 g/mol. The number of piperidine rings is 1. The van der Waals surface area contributed by atoms with Gasteiger partial charge in [-0.2, -0.15) is 0 Å². The molecular weight excluding hydrogens is 204 g/mol. The van der Waals surface area contributed by atoms with Crippen molar-refractivity contribution >= 4 is 5.91 Å². The summed E-state index contributed by atoms with van der Waals surface area (Å²) in [4.78, 5) is 13.8. The normalized spacial score (nSPS) is 25.4. The third-order valence-corrected chi connectivity index (χ3v) is 3.34. The predicted molar refractivity (Wildman–Crippen MR) is 62.3 cm³/mol. The quantitative estimate of drug-likeness (QED) is 0.752. The van der Waals surface area contributed by atoms with Crippen LogP contribution < -0.4 is 5.32 Å². The van der Waals surface area contributed by atoms with Crippen LogP contribution in [0.4, 0.5) is 0 Å². The fourth-order valence-electron chi connectivity index (χ4n) is 2.26. The SMILES string of the molecule is CCN(C(=O)COC1CCCNC1)C1CC1. The number of rotatable bonds is 5. The van der Waals surface area contributed by atoms with Gasteiger partial charge in [-0.05, 0) is 39.2 Å². The summed E-state index contributed by atoms with van der Waals surface area (Å²) in [5.41, 5.74) is 0. The zero-order valence-corrected chi connectivity index (χ0v) is 10.1. The molecular formula is C12H22N2O2. The van der Waals surface area contributed by atoms with E-state index in [1.165, 1.54) is 12.8 Å². The highest BCUT2D eigenvalue weighted by atomic mass is 16.5. The van der Waals surface area contributed by atoms with E-state index in [2.05, 4.69) is 5.32 Å². The Hall–Kier alpha value is -0.610. The van der Waals surface area contributed by atoms with Gasteiger partial charge in [-0.25, -0.2) is 0 Å². The number of hydrogen-bond acceptors (Lipinski definition) is 3. The van der Waals surface area contributed by atoms with Crippen molar-refractivity contribution < 1.29 is 9.53 Å². The molecule has 0 aromatic rings. The highest BCUT2D eigenvalue weighted by molar-refractivity contribution is 5.78. The molecule has 2 aliphatic rings. The van der Waals surface area contributed by atoms with Gasteiger partial charge >= 0.3 is 0 Å². The third-order valence-electron chi connectivity index (χ3n) is 3.34. The van der Waals surface area contributed by atoms with Crippen LogP contribution in [0.5, 0.6) is 0 Å². The number of likely N-dealkylation sites (N-methyl/N-ethyl adjacent to an activating group) is 1. The van der Waals surface area contributed by atoms with Crippen molar-refractivity contribution in [2.24, 2.45) is 0 Å². The van der Waals surface area contributed by atoms with Gasteiger partial charge in [0.15, 0.2) is 0 Å². The van der Waals surface area contributed by atoms with Crippen LogP contribution in [-0.4, -0.2) is 49.2 Å². The fraction of sp³-hybridized carbons (Fsp3) is 0.917. The molecule has 1 aliphatic heterocycles. The van der Waals surface area contributed by atoms with E-state index in [4.69, 9.17) is 4.74 Å². The maximum Gasteiger partial charge on any atom is 0.248 e. The summed E-state index contributed by atoms with van der Waals surface area (Å²) >= 11 is 0. The summed E-state index contributed by atoms with van der Waals surface area (Å²) in [7, 11) is 0. The lowest BCUT2D eigenvalue weighted by Gasteiger charge is -2.25. The van der Waals surface area contributed by atoms with E-state index in [1.54, 1.807) is 0 Å². The average molecular weight is 226 g/mol. The van der Waals surface area contributed by atoms with E-state index in [0.717, 1.165) is 32.5 Å². The molecule has 1 N–H and O–H groups in total. The molecule has 1 amide bonds. The molecule has 1 saturated heterocycles. The molecule has 1 atom stereocenters. The topological polar surface area (TPSA) is 41.6 Å². The second-order valence-electron chi connectivity index (χ2n) is 4.69. The van der Waals surface area contributed by atoms with Crippen molar-refractivity contribution in [3.05, 3.63) is 0 Å². The number of ether oxygens (including phenoxy) is 1. The zero-order valence-electron chi connectivity index (χ0n) is 10.1. The lowest BCUT2D eigenvalue weighted by molar-refractivity contribution is -0.138. The van der Waals surface area contributed by atoms with Crippen molar-refractivity contribution in [3.8, 4) is 0 Å². The molecule has 0 bridgehead atoms. The van der Waals surface area contributed by atoms with Crippen LogP contribution in [0.15, 0.2) is 0 Å². The molecule has 16 heavy (non-hydrogen) atoms. The van der Waals surface area contributed by atoms with Gasteiger partial charge in [0.05, 0.1) is 6.10 Å². The summed E-state index contributed by atoms with van der Waals surface area (Å²) in [5.74, 6) is 0.163. The number of carbonyl (C=O) groups is 1. The average Bonchev–Trinajstić information content (AvgIpc) is 3.13. The van der Waals surface area contributed by atoms with Crippen molar-refractivity contribution in [1.82, 2.24) is 10.2 Å². The minimum absolute atomic E-state index is 0.163. The molecule has 0 aromatic carbocycles. The summed E-state index contributed by atoms with van der Waals surface area (Å²) in [6.45, 7) is 5.09. The first-order valence-electron chi connectivity index (χ1n) is 6.43.